The van der Waals surface area contributed by atoms with E-state index in [2.05, 4.69) is 14.9 Å². The van der Waals surface area contributed by atoms with Crippen molar-refractivity contribution in [1.29, 1.82) is 0 Å². The molecule has 0 N–H and O–H groups in total. The van der Waals surface area contributed by atoms with Crippen LogP contribution in [-0.2, 0) is 6.54 Å². The van der Waals surface area contributed by atoms with Crippen LogP contribution in [0.4, 0.5) is 5.82 Å². The second-order valence-electron chi connectivity index (χ2n) is 7.66. The van der Waals surface area contributed by atoms with Crippen molar-refractivity contribution in [2.24, 2.45) is 5.92 Å². The van der Waals surface area contributed by atoms with Crippen molar-refractivity contribution in [2.45, 2.75) is 45.2 Å². The second kappa shape index (κ2) is 6.44. The summed E-state index contributed by atoms with van der Waals surface area (Å²) < 4.78 is 1.94. The summed E-state index contributed by atoms with van der Waals surface area (Å²) in [4.78, 5) is 29.5. The van der Waals surface area contributed by atoms with Gasteiger partial charge in [0.15, 0.2) is 5.82 Å². The van der Waals surface area contributed by atoms with Crippen molar-refractivity contribution in [3.05, 3.63) is 58.5 Å². The summed E-state index contributed by atoms with van der Waals surface area (Å²) in [6.45, 7) is 3.68. The fraction of sp³-hybridized carbons (Fsp3) is 0.429. The lowest BCUT2D eigenvalue weighted by Crippen LogP contribution is -2.33. The summed E-state index contributed by atoms with van der Waals surface area (Å²) in [5.74, 6) is 2.39. The van der Waals surface area contributed by atoms with Gasteiger partial charge in [0, 0.05) is 25.5 Å². The van der Waals surface area contributed by atoms with Gasteiger partial charge in [0.05, 0.1) is 22.6 Å². The van der Waals surface area contributed by atoms with Crippen molar-refractivity contribution in [3.8, 4) is 0 Å². The zero-order chi connectivity index (χ0) is 18.4. The van der Waals surface area contributed by atoms with Gasteiger partial charge in [-0.1, -0.05) is 12.1 Å². The summed E-state index contributed by atoms with van der Waals surface area (Å²) in [6, 6.07) is 7.75. The van der Waals surface area contributed by atoms with E-state index in [0.29, 0.717) is 11.3 Å². The third-order valence-electron chi connectivity index (χ3n) is 5.71. The number of nitrogens with zero attached hydrogens (tertiary/aromatic N) is 5. The Morgan fingerprint density at radius 3 is 2.74 bits per heavy atom. The van der Waals surface area contributed by atoms with Crippen LogP contribution >= 0.6 is 0 Å². The summed E-state index contributed by atoms with van der Waals surface area (Å²) in [5.41, 5.74) is 1.79. The molecule has 3 heterocycles. The molecule has 0 amide bonds. The van der Waals surface area contributed by atoms with Crippen LogP contribution in [0.1, 0.15) is 43.2 Å². The Kier molecular flexibility index (Phi) is 3.92. The molecule has 2 aromatic heterocycles. The molecule has 0 bridgehead atoms. The number of rotatable bonds is 4. The highest BCUT2D eigenvalue weighted by molar-refractivity contribution is 5.77. The van der Waals surface area contributed by atoms with Crippen LogP contribution in [0.3, 0.4) is 0 Å². The molecular weight excluding hydrogens is 338 g/mol. The van der Waals surface area contributed by atoms with E-state index < -0.39 is 0 Å². The number of para-hydroxylation sites is 1. The van der Waals surface area contributed by atoms with Crippen LogP contribution in [0.25, 0.3) is 10.9 Å². The van der Waals surface area contributed by atoms with E-state index >= 15 is 0 Å². The van der Waals surface area contributed by atoms with Gasteiger partial charge in [0.2, 0.25) is 0 Å². The van der Waals surface area contributed by atoms with Crippen LogP contribution in [0.2, 0.25) is 0 Å². The van der Waals surface area contributed by atoms with Gasteiger partial charge in [0.25, 0.3) is 5.56 Å². The summed E-state index contributed by atoms with van der Waals surface area (Å²) >= 11 is 0. The Balaban J connectivity index is 1.66. The van der Waals surface area contributed by atoms with Crippen LogP contribution < -0.4 is 10.5 Å². The number of hydrogen-bond acceptors (Lipinski definition) is 5. The minimum absolute atomic E-state index is 0.0662. The Bertz CT molecular complexity index is 1060. The molecule has 6 nitrogen and oxygen atoms in total. The van der Waals surface area contributed by atoms with Gasteiger partial charge in [-0.15, -0.1) is 0 Å². The maximum Gasteiger partial charge on any atom is 0.261 e. The van der Waals surface area contributed by atoms with Crippen LogP contribution in [0.5, 0.6) is 0 Å². The SMILES string of the molecule is Cc1nccnc1N1CCCC1c1nc2ccccc2c(=O)n1CC1CC1. The van der Waals surface area contributed by atoms with Crippen LogP contribution in [-0.4, -0.2) is 26.1 Å². The number of hydrogen-bond donors (Lipinski definition) is 0. The van der Waals surface area contributed by atoms with Gasteiger partial charge < -0.3 is 4.90 Å². The van der Waals surface area contributed by atoms with E-state index in [0.717, 1.165) is 48.8 Å². The summed E-state index contributed by atoms with van der Waals surface area (Å²) in [7, 11) is 0. The number of aromatic nitrogens is 4. The fourth-order valence-corrected chi connectivity index (χ4v) is 4.15. The second-order valence-corrected chi connectivity index (χ2v) is 7.66. The fourth-order valence-electron chi connectivity index (χ4n) is 4.15. The van der Waals surface area contributed by atoms with Gasteiger partial charge in [-0.3, -0.25) is 14.3 Å². The average molecular weight is 361 g/mol. The highest BCUT2D eigenvalue weighted by Crippen LogP contribution is 2.37. The monoisotopic (exact) mass is 361 g/mol. The molecule has 3 aromatic rings. The zero-order valence-corrected chi connectivity index (χ0v) is 15.5. The molecule has 27 heavy (non-hydrogen) atoms. The van der Waals surface area contributed by atoms with Crippen molar-refractivity contribution in [2.75, 3.05) is 11.4 Å². The molecule has 2 fully saturated rings. The quantitative estimate of drug-likeness (QED) is 0.714. The standard InChI is InChI=1S/C21H23N5O/c1-14-19(23-11-10-22-14)25-12-4-7-18(25)20-24-17-6-3-2-5-16(17)21(27)26(20)13-15-8-9-15/h2-3,5-6,10-11,15,18H,4,7-9,12-13H2,1H3. The topological polar surface area (TPSA) is 63.9 Å². The molecule has 1 aromatic carbocycles. The molecule has 5 rings (SSSR count). The van der Waals surface area contributed by atoms with E-state index in [1.165, 1.54) is 12.8 Å². The van der Waals surface area contributed by atoms with Crippen molar-refractivity contribution >= 4 is 16.7 Å². The van der Waals surface area contributed by atoms with Gasteiger partial charge in [-0.05, 0) is 50.7 Å². The Morgan fingerprint density at radius 1 is 1.11 bits per heavy atom. The third-order valence-corrected chi connectivity index (χ3v) is 5.71. The van der Waals surface area contributed by atoms with Crippen molar-refractivity contribution in [3.63, 3.8) is 0 Å². The van der Waals surface area contributed by atoms with Crippen LogP contribution in [0.15, 0.2) is 41.5 Å². The van der Waals surface area contributed by atoms with Crippen LogP contribution in [0, 0.1) is 12.8 Å². The highest BCUT2D eigenvalue weighted by Gasteiger charge is 2.33. The lowest BCUT2D eigenvalue weighted by Gasteiger charge is -2.28. The van der Waals surface area contributed by atoms with Gasteiger partial charge in [0.1, 0.15) is 5.82 Å². The molecule has 1 aliphatic heterocycles. The molecule has 1 atom stereocenters. The summed E-state index contributed by atoms with van der Waals surface area (Å²) in [5, 5.41) is 0.710. The molecule has 1 unspecified atom stereocenters. The normalized spacial score (nSPS) is 19.7. The summed E-state index contributed by atoms with van der Waals surface area (Å²) in [6.07, 6.45) is 7.91. The van der Waals surface area contributed by atoms with E-state index in [1.807, 2.05) is 35.8 Å². The lowest BCUT2D eigenvalue weighted by atomic mass is 10.1. The Labute approximate surface area is 157 Å². The maximum atomic E-state index is 13.3. The third kappa shape index (κ3) is 2.89. The molecule has 0 radical (unpaired) electrons. The highest BCUT2D eigenvalue weighted by atomic mass is 16.1. The molecule has 1 aliphatic carbocycles. The molecule has 2 aliphatic rings. The van der Waals surface area contributed by atoms with Gasteiger partial charge >= 0.3 is 0 Å². The largest absolute Gasteiger partial charge is 0.345 e. The zero-order valence-electron chi connectivity index (χ0n) is 15.5. The van der Waals surface area contributed by atoms with Crippen molar-refractivity contribution < 1.29 is 0 Å². The number of aryl methyl sites for hydroxylation is 1. The van der Waals surface area contributed by atoms with Gasteiger partial charge in [-0.25, -0.2) is 9.97 Å². The molecule has 1 saturated carbocycles. The van der Waals surface area contributed by atoms with Gasteiger partial charge in [-0.2, -0.15) is 0 Å². The molecule has 138 valence electrons. The molecule has 0 spiro atoms. The van der Waals surface area contributed by atoms with E-state index in [-0.39, 0.29) is 11.6 Å². The lowest BCUT2D eigenvalue weighted by molar-refractivity contribution is 0.525. The number of fused-ring (bicyclic) bond motifs is 1. The van der Waals surface area contributed by atoms with E-state index in [9.17, 15) is 4.79 Å². The Hall–Kier alpha value is -2.76. The molecular formula is C21H23N5O. The first-order chi connectivity index (χ1) is 13.2. The molecule has 1 saturated heterocycles. The molecule has 6 heteroatoms. The van der Waals surface area contributed by atoms with Crippen molar-refractivity contribution in [1.82, 2.24) is 19.5 Å². The first kappa shape index (κ1) is 16.4. The average Bonchev–Trinajstić information content (AvgIpc) is 3.38. The number of anilines is 1. The maximum absolute atomic E-state index is 13.3. The smallest absolute Gasteiger partial charge is 0.261 e. The minimum Gasteiger partial charge on any atom is -0.345 e. The number of benzene rings is 1. The van der Waals surface area contributed by atoms with E-state index in [4.69, 9.17) is 4.98 Å². The predicted molar refractivity (Wildman–Crippen MR) is 105 cm³/mol. The first-order valence-electron chi connectivity index (χ1n) is 9.76. The van der Waals surface area contributed by atoms with E-state index in [1.54, 1.807) is 12.4 Å². The first-order valence-corrected chi connectivity index (χ1v) is 9.76. The minimum atomic E-state index is 0.0662. The predicted octanol–water partition coefficient (Wildman–Crippen LogP) is 3.25. The Morgan fingerprint density at radius 2 is 1.93 bits per heavy atom.